The van der Waals surface area contributed by atoms with Gasteiger partial charge in [-0.15, -0.1) is 0 Å². The van der Waals surface area contributed by atoms with Gasteiger partial charge in [0.2, 0.25) is 5.91 Å². The van der Waals surface area contributed by atoms with Gasteiger partial charge in [0.25, 0.3) is 0 Å². The van der Waals surface area contributed by atoms with Crippen LogP contribution in [0.15, 0.2) is 84.6 Å². The third-order valence-corrected chi connectivity index (χ3v) is 6.35. The highest BCUT2D eigenvalue weighted by atomic mass is 16.1. The summed E-state index contributed by atoms with van der Waals surface area (Å²) < 4.78 is 0. The van der Waals surface area contributed by atoms with Gasteiger partial charge in [0.1, 0.15) is 0 Å². The number of carbonyl (C=O) groups excluding carboxylic acids is 1. The van der Waals surface area contributed by atoms with Crippen molar-refractivity contribution < 1.29 is 4.79 Å². The maximum absolute atomic E-state index is 12.4. The number of carbonyl (C=O) groups is 1. The minimum absolute atomic E-state index is 0.174. The van der Waals surface area contributed by atoms with Crippen molar-refractivity contribution in [3.63, 3.8) is 0 Å². The average molecular weight is 476 g/mol. The van der Waals surface area contributed by atoms with E-state index in [-0.39, 0.29) is 5.91 Å². The van der Waals surface area contributed by atoms with Crippen LogP contribution in [0.3, 0.4) is 0 Å². The van der Waals surface area contributed by atoms with Crippen LogP contribution in [0.5, 0.6) is 0 Å². The summed E-state index contributed by atoms with van der Waals surface area (Å²) in [5, 5.41) is 3.08. The lowest BCUT2D eigenvalue weighted by Gasteiger charge is -2.34. The second-order valence-electron chi connectivity index (χ2n) is 8.76. The number of likely N-dealkylation sites (tertiary alicyclic amines) is 1. The molecule has 0 aromatic heterocycles. The van der Waals surface area contributed by atoms with Crippen molar-refractivity contribution in [3.8, 4) is 0 Å². The normalized spacial score (nSPS) is 14.9. The van der Waals surface area contributed by atoms with E-state index in [1.165, 1.54) is 11.4 Å². The fourth-order valence-corrected chi connectivity index (χ4v) is 4.38. The van der Waals surface area contributed by atoms with Crippen molar-refractivity contribution in [2.75, 3.05) is 31.1 Å². The van der Waals surface area contributed by atoms with Crippen molar-refractivity contribution in [2.45, 2.75) is 59.9 Å². The van der Waals surface area contributed by atoms with E-state index in [1.807, 2.05) is 32.0 Å². The largest absolute Gasteiger partial charge is 0.352 e. The summed E-state index contributed by atoms with van der Waals surface area (Å²) >= 11 is 0. The van der Waals surface area contributed by atoms with Crippen LogP contribution >= 0.6 is 0 Å². The predicted molar refractivity (Wildman–Crippen MR) is 150 cm³/mol. The number of hydrogen-bond acceptors (Lipinski definition) is 3. The molecule has 2 aromatic rings. The van der Waals surface area contributed by atoms with Gasteiger partial charge in [0.05, 0.1) is 0 Å². The second kappa shape index (κ2) is 16.7. The van der Waals surface area contributed by atoms with Crippen molar-refractivity contribution in [1.29, 1.82) is 0 Å². The van der Waals surface area contributed by atoms with Crippen molar-refractivity contribution in [3.05, 3.63) is 90.2 Å². The number of benzene rings is 2. The van der Waals surface area contributed by atoms with Gasteiger partial charge in [-0.25, -0.2) is 0 Å². The molecule has 1 aliphatic rings. The maximum Gasteiger partial charge on any atom is 0.220 e. The van der Waals surface area contributed by atoms with Crippen molar-refractivity contribution in [2.24, 2.45) is 5.92 Å². The monoisotopic (exact) mass is 475 g/mol. The van der Waals surface area contributed by atoms with E-state index >= 15 is 0 Å². The van der Waals surface area contributed by atoms with Gasteiger partial charge in [-0.2, -0.15) is 0 Å². The Bertz CT molecular complexity index is 884. The number of hydrogen-bond donors (Lipinski definition) is 1. The lowest BCUT2D eigenvalue weighted by atomic mass is 9.93. The molecule has 3 rings (SSSR count). The van der Waals surface area contributed by atoms with E-state index in [2.05, 4.69) is 89.7 Å². The van der Waals surface area contributed by atoms with E-state index in [0.29, 0.717) is 18.9 Å². The third kappa shape index (κ3) is 10.1. The highest BCUT2D eigenvalue weighted by Gasteiger charge is 2.22. The van der Waals surface area contributed by atoms with Crippen molar-refractivity contribution >= 4 is 11.6 Å². The standard InChI is InChI=1S/C29H39N3O.C2H6/c1-3-5-14-27(4-2)32(28-15-10-7-11-16-28)22-21-31-19-17-25(18-20-31)23-29(33)30-24-26-12-8-6-9-13-26;1-2/h4-16,25H,3,17-24H2,1-2H3,(H,30,33);1-2H3/b14-5-,27-4+;. The van der Waals surface area contributed by atoms with E-state index in [9.17, 15) is 4.79 Å². The molecule has 1 amide bonds. The summed E-state index contributed by atoms with van der Waals surface area (Å²) in [6.07, 6.45) is 10.5. The smallest absolute Gasteiger partial charge is 0.220 e. The van der Waals surface area contributed by atoms with Crippen LogP contribution in [0, 0.1) is 5.92 Å². The Morgan fingerprint density at radius 2 is 1.66 bits per heavy atom. The molecule has 0 aliphatic carbocycles. The molecule has 0 radical (unpaired) electrons. The average Bonchev–Trinajstić information content (AvgIpc) is 2.92. The van der Waals surface area contributed by atoms with Gasteiger partial charge in [-0.1, -0.05) is 81.5 Å². The number of nitrogens with zero attached hydrogens (tertiary/aromatic N) is 2. The Morgan fingerprint density at radius 1 is 1.03 bits per heavy atom. The van der Waals surface area contributed by atoms with Crippen LogP contribution < -0.4 is 10.2 Å². The van der Waals surface area contributed by atoms with Gasteiger partial charge < -0.3 is 15.1 Å². The minimum atomic E-state index is 0.174. The molecule has 4 heteroatoms. The molecule has 2 aromatic carbocycles. The summed E-state index contributed by atoms with van der Waals surface area (Å²) in [6, 6.07) is 20.8. The first-order valence-electron chi connectivity index (χ1n) is 13.4. The Labute approximate surface area is 213 Å². The van der Waals surface area contributed by atoms with Gasteiger partial charge in [0.15, 0.2) is 0 Å². The lowest BCUT2D eigenvalue weighted by molar-refractivity contribution is -0.122. The van der Waals surface area contributed by atoms with Gasteiger partial charge in [-0.3, -0.25) is 4.79 Å². The van der Waals surface area contributed by atoms with Crippen LogP contribution in [0.1, 0.15) is 58.9 Å². The van der Waals surface area contributed by atoms with E-state index < -0.39 is 0 Å². The fraction of sp³-hybridized carbons (Fsp3) is 0.452. The first kappa shape index (κ1) is 28.4. The van der Waals surface area contributed by atoms with Crippen LogP contribution in [0.2, 0.25) is 0 Å². The highest BCUT2D eigenvalue weighted by molar-refractivity contribution is 5.76. The molecule has 0 atom stereocenters. The zero-order valence-corrected chi connectivity index (χ0v) is 22.2. The molecule has 0 saturated carbocycles. The molecule has 0 spiro atoms. The summed E-state index contributed by atoms with van der Waals surface area (Å²) in [5.41, 5.74) is 3.63. The Kier molecular flexibility index (Phi) is 13.6. The zero-order valence-electron chi connectivity index (χ0n) is 22.2. The number of nitrogens with one attached hydrogen (secondary N) is 1. The third-order valence-electron chi connectivity index (χ3n) is 6.35. The molecular formula is C31H45N3O. The first-order valence-corrected chi connectivity index (χ1v) is 13.4. The molecule has 4 nitrogen and oxygen atoms in total. The number of anilines is 1. The van der Waals surface area contributed by atoms with Gasteiger partial charge in [-0.05, 0) is 69.0 Å². The molecule has 190 valence electrons. The Balaban J connectivity index is 0.00000210. The molecule has 1 aliphatic heterocycles. The summed E-state index contributed by atoms with van der Waals surface area (Å²) in [4.78, 5) is 17.3. The number of para-hydroxylation sites is 1. The maximum atomic E-state index is 12.4. The molecule has 1 heterocycles. The molecule has 0 unspecified atom stereocenters. The van der Waals surface area contributed by atoms with Gasteiger partial charge in [0, 0.05) is 37.4 Å². The van der Waals surface area contributed by atoms with Crippen LogP contribution in [-0.2, 0) is 11.3 Å². The molecule has 1 N–H and O–H groups in total. The van der Waals surface area contributed by atoms with Crippen LogP contribution in [-0.4, -0.2) is 37.0 Å². The lowest BCUT2D eigenvalue weighted by Crippen LogP contribution is -2.40. The van der Waals surface area contributed by atoms with Gasteiger partial charge >= 0.3 is 0 Å². The fourth-order valence-electron chi connectivity index (χ4n) is 4.38. The summed E-state index contributed by atoms with van der Waals surface area (Å²) in [6.45, 7) is 13.0. The molecule has 1 fully saturated rings. The van der Waals surface area contributed by atoms with Crippen LogP contribution in [0.4, 0.5) is 5.69 Å². The predicted octanol–water partition coefficient (Wildman–Crippen LogP) is 6.81. The van der Waals surface area contributed by atoms with Crippen molar-refractivity contribution in [1.82, 2.24) is 10.2 Å². The quantitative estimate of drug-likeness (QED) is 0.363. The number of piperidine rings is 1. The Hall–Kier alpha value is -2.85. The second-order valence-corrected chi connectivity index (χ2v) is 8.76. The first-order chi connectivity index (χ1) is 17.2. The molecule has 0 bridgehead atoms. The highest BCUT2D eigenvalue weighted by Crippen LogP contribution is 2.23. The zero-order chi connectivity index (χ0) is 25.3. The van der Waals surface area contributed by atoms with E-state index in [4.69, 9.17) is 0 Å². The molecule has 35 heavy (non-hydrogen) atoms. The number of amides is 1. The summed E-state index contributed by atoms with van der Waals surface area (Å²) in [7, 11) is 0. The summed E-state index contributed by atoms with van der Waals surface area (Å²) in [5.74, 6) is 0.661. The topological polar surface area (TPSA) is 35.6 Å². The SMILES string of the molecule is C/C=C(\C=C/CC)N(CCN1CCC(CC(=O)NCc2ccccc2)CC1)c1ccccc1.CC. The number of allylic oxidation sites excluding steroid dienone is 3. The number of rotatable bonds is 11. The molecular weight excluding hydrogens is 430 g/mol. The van der Waals surface area contributed by atoms with E-state index in [1.54, 1.807) is 0 Å². The minimum Gasteiger partial charge on any atom is -0.352 e. The Morgan fingerprint density at radius 3 is 2.26 bits per heavy atom. The van der Waals surface area contributed by atoms with E-state index in [0.717, 1.165) is 51.0 Å². The van der Waals surface area contributed by atoms with Crippen LogP contribution in [0.25, 0.3) is 0 Å². The molecule has 1 saturated heterocycles.